The minimum Gasteiger partial charge on any atom is -0.342 e. The molecule has 0 unspecified atom stereocenters. The molecule has 3 saturated heterocycles. The first-order chi connectivity index (χ1) is 21.1. The zero-order valence-electron chi connectivity index (χ0n) is 25.9. The Kier molecular flexibility index (Phi) is 8.88. The lowest BCUT2D eigenvalue weighted by Crippen LogP contribution is -2.42. The van der Waals surface area contributed by atoms with E-state index in [-0.39, 0.29) is 52.5 Å². The molecule has 2 aromatic heterocycles. The number of fused-ring (bicyclic) bond motifs is 1. The van der Waals surface area contributed by atoms with Crippen LogP contribution in [0.15, 0.2) is 41.3 Å². The number of imidazole rings is 1. The first kappa shape index (κ1) is 30.8. The number of amides is 2. The van der Waals surface area contributed by atoms with Crippen LogP contribution in [0, 0.1) is 11.2 Å². The lowest BCUT2D eigenvalue weighted by molar-refractivity contribution is -0.136. The van der Waals surface area contributed by atoms with Crippen LogP contribution < -0.4 is 11.0 Å². The summed E-state index contributed by atoms with van der Waals surface area (Å²) in [5, 5.41) is 2.53. The average molecular weight is 623 g/mol. The highest BCUT2D eigenvalue weighted by molar-refractivity contribution is 8.01. The van der Waals surface area contributed by atoms with Crippen LogP contribution in [0.3, 0.4) is 0 Å². The molecule has 0 aliphatic carbocycles. The number of thioether (sulfide) groups is 1. The third kappa shape index (κ3) is 6.31. The molecule has 1 aromatic carbocycles. The van der Waals surface area contributed by atoms with E-state index >= 15 is 4.39 Å². The van der Waals surface area contributed by atoms with E-state index in [9.17, 15) is 14.4 Å². The van der Waals surface area contributed by atoms with Crippen molar-refractivity contribution < 1.29 is 14.0 Å². The monoisotopic (exact) mass is 622 g/mol. The highest BCUT2D eigenvalue weighted by Crippen LogP contribution is 2.48. The summed E-state index contributed by atoms with van der Waals surface area (Å²) >= 11 is 1.50. The van der Waals surface area contributed by atoms with Gasteiger partial charge in [-0.05, 0) is 85.9 Å². The fraction of sp³-hybridized carbons (Fsp3) is 0.576. The highest BCUT2D eigenvalue weighted by Gasteiger charge is 2.44. The van der Waals surface area contributed by atoms with Gasteiger partial charge in [0.05, 0.1) is 10.8 Å². The van der Waals surface area contributed by atoms with Crippen molar-refractivity contribution in [1.82, 2.24) is 29.7 Å². The van der Waals surface area contributed by atoms with Crippen molar-refractivity contribution in [3.8, 4) is 0 Å². The Morgan fingerprint density at radius 2 is 1.82 bits per heavy atom. The molecule has 5 heterocycles. The number of H-pyrrole nitrogens is 1. The summed E-state index contributed by atoms with van der Waals surface area (Å²) < 4.78 is 17.2. The number of piperidine rings is 2. The van der Waals surface area contributed by atoms with Gasteiger partial charge in [-0.2, -0.15) is 0 Å². The van der Waals surface area contributed by atoms with Crippen LogP contribution >= 0.6 is 11.8 Å². The number of carbonyl (C=O) groups excluding carboxylic acids is 2. The summed E-state index contributed by atoms with van der Waals surface area (Å²) in [5.74, 6) is -0.178. The van der Waals surface area contributed by atoms with E-state index < -0.39 is 5.25 Å². The fourth-order valence-corrected chi connectivity index (χ4v) is 8.45. The van der Waals surface area contributed by atoms with Crippen LogP contribution in [-0.4, -0.2) is 74.1 Å². The second-order valence-corrected chi connectivity index (χ2v) is 14.9. The number of nitrogens with zero attached hydrogens (tertiary/aromatic N) is 4. The second kappa shape index (κ2) is 12.7. The summed E-state index contributed by atoms with van der Waals surface area (Å²) in [6, 6.07) is 8.95. The van der Waals surface area contributed by atoms with Crippen LogP contribution in [-0.2, 0) is 9.59 Å². The third-order valence-corrected chi connectivity index (χ3v) is 10.8. The number of nitrogens with one attached hydrogen (secondary N) is 2. The maximum atomic E-state index is 15.5. The molecule has 236 valence electrons. The zero-order chi connectivity index (χ0) is 31.0. The number of likely N-dealkylation sites (tertiary alicyclic amines) is 1. The molecule has 2 N–H and O–H groups in total. The van der Waals surface area contributed by atoms with Gasteiger partial charge in [-0.25, -0.2) is 14.2 Å². The Hall–Kier alpha value is -3.18. The fourth-order valence-electron chi connectivity index (χ4n) is 6.94. The van der Waals surface area contributed by atoms with Crippen LogP contribution in [0.25, 0.3) is 11.2 Å². The van der Waals surface area contributed by atoms with Crippen molar-refractivity contribution in [1.29, 1.82) is 0 Å². The van der Waals surface area contributed by atoms with E-state index in [2.05, 4.69) is 36.1 Å². The van der Waals surface area contributed by atoms with Crippen LogP contribution in [0.1, 0.15) is 87.8 Å². The van der Waals surface area contributed by atoms with E-state index in [1.807, 2.05) is 28.0 Å². The Balaban J connectivity index is 1.18. The van der Waals surface area contributed by atoms with Crippen molar-refractivity contribution in [2.45, 2.75) is 81.9 Å². The Labute approximate surface area is 262 Å². The minimum atomic E-state index is -0.517. The summed E-state index contributed by atoms with van der Waals surface area (Å²) in [6.45, 7) is 9.78. The van der Waals surface area contributed by atoms with Gasteiger partial charge < -0.3 is 15.1 Å². The highest BCUT2D eigenvalue weighted by atomic mass is 32.2. The zero-order valence-corrected chi connectivity index (χ0v) is 26.7. The number of hydrogen-bond acceptors (Lipinski definition) is 6. The van der Waals surface area contributed by atoms with Crippen molar-refractivity contribution in [2.75, 3.05) is 32.7 Å². The number of aromatic amines is 1. The van der Waals surface area contributed by atoms with Gasteiger partial charge in [0.1, 0.15) is 11.2 Å². The summed E-state index contributed by atoms with van der Waals surface area (Å²) in [4.78, 5) is 51.0. The second-order valence-electron chi connectivity index (χ2n) is 13.6. The molecule has 0 saturated carbocycles. The summed E-state index contributed by atoms with van der Waals surface area (Å²) in [6.07, 6.45) is 5.62. The van der Waals surface area contributed by atoms with E-state index in [4.69, 9.17) is 0 Å². The standard InChI is InChI=1S/C33H43FN6O3S/c1-33(2,3)13-19-39-30(42)26(44-31(39)23-6-4-7-24(34)28(23)21-9-15-35-16-10-21)20-27(41)38-17-11-22(12-18-38)40-25-8-5-14-36-29(25)37-32(40)43/h4-8,14,21-22,26,31,35H,9-13,15-20H2,1-3H3,(H,36,37,43)/t26-,31+/m0/s1. The molecule has 0 bridgehead atoms. The minimum absolute atomic E-state index is 0.0226. The van der Waals surface area contributed by atoms with Gasteiger partial charge >= 0.3 is 5.69 Å². The largest absolute Gasteiger partial charge is 0.342 e. The molecule has 6 rings (SSSR count). The molecule has 3 fully saturated rings. The van der Waals surface area contributed by atoms with Gasteiger partial charge in [0.25, 0.3) is 0 Å². The van der Waals surface area contributed by atoms with Gasteiger partial charge in [-0.1, -0.05) is 32.9 Å². The first-order valence-corrected chi connectivity index (χ1v) is 16.8. The van der Waals surface area contributed by atoms with Crippen LogP contribution in [0.2, 0.25) is 0 Å². The summed E-state index contributed by atoms with van der Waals surface area (Å²) in [5.41, 5.74) is 2.79. The third-order valence-electron chi connectivity index (χ3n) is 9.37. The van der Waals surface area contributed by atoms with Gasteiger partial charge in [-0.15, -0.1) is 11.8 Å². The molecular weight excluding hydrogens is 579 g/mol. The normalized spacial score (nSPS) is 22.3. The number of halogens is 1. The van der Waals surface area contributed by atoms with Crippen LogP contribution in [0.4, 0.5) is 4.39 Å². The van der Waals surface area contributed by atoms with E-state index in [1.165, 1.54) is 17.8 Å². The quantitative estimate of drug-likeness (QED) is 0.386. The molecular formula is C33H43FN6O3S. The Morgan fingerprint density at radius 3 is 2.55 bits per heavy atom. The van der Waals surface area contributed by atoms with Crippen molar-refractivity contribution in [3.05, 3.63) is 64.0 Å². The molecule has 3 aromatic rings. The molecule has 9 nitrogen and oxygen atoms in total. The van der Waals surface area contributed by atoms with E-state index in [0.29, 0.717) is 38.1 Å². The van der Waals surface area contributed by atoms with E-state index in [1.54, 1.807) is 16.8 Å². The molecule has 3 aliphatic heterocycles. The Morgan fingerprint density at radius 1 is 1.07 bits per heavy atom. The van der Waals surface area contributed by atoms with Crippen molar-refractivity contribution in [3.63, 3.8) is 0 Å². The maximum absolute atomic E-state index is 15.5. The SMILES string of the molecule is CC(C)(C)CCN1C(=O)[C@H](CC(=O)N2CCC(n3c(=O)[nH]c4ncccc43)CC2)S[C@@H]1c1cccc(F)c1C1CCNCC1. The van der Waals surface area contributed by atoms with Gasteiger partial charge in [0.2, 0.25) is 11.8 Å². The molecule has 44 heavy (non-hydrogen) atoms. The smallest absolute Gasteiger partial charge is 0.327 e. The number of carbonyl (C=O) groups is 2. The average Bonchev–Trinajstić information content (AvgIpc) is 3.51. The van der Waals surface area contributed by atoms with Crippen molar-refractivity contribution in [2.24, 2.45) is 5.41 Å². The van der Waals surface area contributed by atoms with Crippen LogP contribution in [0.5, 0.6) is 0 Å². The van der Waals surface area contributed by atoms with Gasteiger partial charge in [-0.3, -0.25) is 19.1 Å². The lowest BCUT2D eigenvalue weighted by atomic mass is 9.86. The molecule has 11 heteroatoms. The maximum Gasteiger partial charge on any atom is 0.327 e. The Bertz CT molecular complexity index is 1570. The predicted octanol–water partition coefficient (Wildman–Crippen LogP) is 4.96. The van der Waals surface area contributed by atoms with Crippen molar-refractivity contribution >= 4 is 34.7 Å². The number of hydrogen-bond donors (Lipinski definition) is 2. The van der Waals surface area contributed by atoms with Gasteiger partial charge in [0.15, 0.2) is 5.65 Å². The summed E-state index contributed by atoms with van der Waals surface area (Å²) in [7, 11) is 0. The molecule has 2 amide bonds. The number of pyridine rings is 1. The van der Waals surface area contributed by atoms with Gasteiger partial charge in [0, 0.05) is 38.3 Å². The molecule has 3 aliphatic rings. The predicted molar refractivity (Wildman–Crippen MR) is 171 cm³/mol. The number of aromatic nitrogens is 3. The number of rotatable bonds is 7. The first-order valence-electron chi connectivity index (χ1n) is 15.9. The molecule has 2 atom stereocenters. The topological polar surface area (TPSA) is 103 Å². The lowest BCUT2D eigenvalue weighted by Gasteiger charge is -2.33. The molecule has 0 spiro atoms. The van der Waals surface area contributed by atoms with E-state index in [0.717, 1.165) is 49.0 Å². The number of benzene rings is 1. The molecule has 0 radical (unpaired) electrons.